The van der Waals surface area contributed by atoms with Crippen LogP contribution in [0.25, 0.3) is 0 Å². The molecule has 0 heterocycles. The number of aryl methyl sites for hydroxylation is 1. The lowest BCUT2D eigenvalue weighted by Crippen LogP contribution is -2.59. The van der Waals surface area contributed by atoms with E-state index in [9.17, 15) is 9.90 Å². The molecule has 0 spiro atoms. The maximum absolute atomic E-state index is 13.3. The van der Waals surface area contributed by atoms with Gasteiger partial charge in [-0.15, -0.1) is 0 Å². The highest BCUT2D eigenvalue weighted by molar-refractivity contribution is 5.83. The summed E-state index contributed by atoms with van der Waals surface area (Å²) < 4.78 is 0. The van der Waals surface area contributed by atoms with Gasteiger partial charge < -0.3 is 15.3 Å². The van der Waals surface area contributed by atoms with Gasteiger partial charge in [0.15, 0.2) is 0 Å². The average molecular weight is 426 g/mol. The van der Waals surface area contributed by atoms with Crippen LogP contribution in [0, 0.1) is 11.3 Å². The number of carbonyl (C=O) groups excluding carboxylic acids is 1. The minimum Gasteiger partial charge on any atom is -0.508 e. The second-order valence-electron chi connectivity index (χ2n) is 9.40. The Morgan fingerprint density at radius 1 is 1.06 bits per heavy atom. The number of nitrogens with one attached hydrogen (secondary N) is 1. The Bertz CT molecular complexity index is 820. The highest BCUT2D eigenvalue weighted by Crippen LogP contribution is 2.32. The first-order chi connectivity index (χ1) is 14.6. The summed E-state index contributed by atoms with van der Waals surface area (Å²) in [5, 5.41) is 13.1. The summed E-state index contributed by atoms with van der Waals surface area (Å²) in [5.74, 6) is 0.723. The largest absolute Gasteiger partial charge is 0.508 e. The zero-order valence-electron chi connectivity index (χ0n) is 19.9. The Kier molecular flexibility index (Phi) is 8.93. The zero-order chi connectivity index (χ0) is 23.0. The molecule has 0 aromatic heterocycles. The van der Waals surface area contributed by atoms with Crippen molar-refractivity contribution in [3.63, 3.8) is 0 Å². The highest BCUT2D eigenvalue weighted by Gasteiger charge is 2.42. The maximum atomic E-state index is 13.3. The van der Waals surface area contributed by atoms with Gasteiger partial charge in [-0.25, -0.2) is 0 Å². The summed E-state index contributed by atoms with van der Waals surface area (Å²) in [6.45, 7) is 9.86. The van der Waals surface area contributed by atoms with Crippen LogP contribution >= 0.6 is 0 Å². The van der Waals surface area contributed by atoms with Crippen molar-refractivity contribution in [2.75, 3.05) is 32.1 Å². The fourth-order valence-corrected chi connectivity index (χ4v) is 4.34. The van der Waals surface area contributed by atoms with E-state index in [1.165, 1.54) is 5.56 Å². The smallest absolute Gasteiger partial charge is 0.229 e. The molecule has 170 valence electrons. The number of anilines is 1. The van der Waals surface area contributed by atoms with Crippen molar-refractivity contribution in [2.45, 2.75) is 46.7 Å². The van der Waals surface area contributed by atoms with Crippen LogP contribution in [0.3, 0.4) is 0 Å². The summed E-state index contributed by atoms with van der Waals surface area (Å²) in [5.41, 5.74) is 1.50. The molecular formula is C26H39N3O2. The SMILES string of the molecule is CC(C)CN(C)C(N(C)c1cccc(O)c1)C(C)(C)C(=O)NCCCc1ccccc1. The first kappa shape index (κ1) is 24.7. The fourth-order valence-electron chi connectivity index (χ4n) is 4.34. The van der Waals surface area contributed by atoms with E-state index in [4.69, 9.17) is 0 Å². The number of amides is 1. The van der Waals surface area contributed by atoms with E-state index < -0.39 is 5.41 Å². The number of hydrogen-bond donors (Lipinski definition) is 2. The predicted octanol–water partition coefficient (Wildman–Crippen LogP) is 4.52. The quantitative estimate of drug-likeness (QED) is 0.411. The topological polar surface area (TPSA) is 55.8 Å². The number of benzene rings is 2. The van der Waals surface area contributed by atoms with E-state index in [2.05, 4.69) is 48.1 Å². The molecule has 31 heavy (non-hydrogen) atoms. The highest BCUT2D eigenvalue weighted by atomic mass is 16.3. The molecule has 0 bridgehead atoms. The minimum absolute atomic E-state index is 0.0353. The first-order valence-electron chi connectivity index (χ1n) is 11.2. The summed E-state index contributed by atoms with van der Waals surface area (Å²) in [4.78, 5) is 17.6. The molecule has 2 N–H and O–H groups in total. The maximum Gasteiger partial charge on any atom is 0.229 e. The molecule has 2 aromatic rings. The van der Waals surface area contributed by atoms with Crippen molar-refractivity contribution in [1.82, 2.24) is 10.2 Å². The molecule has 1 unspecified atom stereocenters. The van der Waals surface area contributed by atoms with Crippen LogP contribution in [0.2, 0.25) is 0 Å². The van der Waals surface area contributed by atoms with Crippen LogP contribution in [0.4, 0.5) is 5.69 Å². The number of phenols is 1. The van der Waals surface area contributed by atoms with Gasteiger partial charge in [0.25, 0.3) is 0 Å². The van der Waals surface area contributed by atoms with Crippen molar-refractivity contribution in [3.8, 4) is 5.75 Å². The lowest BCUT2D eigenvalue weighted by atomic mass is 9.85. The normalized spacial score (nSPS) is 12.8. The Labute approximate surface area is 188 Å². The van der Waals surface area contributed by atoms with E-state index in [0.717, 1.165) is 25.1 Å². The average Bonchev–Trinajstić information content (AvgIpc) is 2.71. The number of aromatic hydroxyl groups is 1. The molecule has 1 amide bonds. The van der Waals surface area contributed by atoms with Crippen molar-refractivity contribution < 1.29 is 9.90 Å². The molecule has 2 aromatic carbocycles. The molecule has 5 nitrogen and oxygen atoms in total. The Hall–Kier alpha value is -2.53. The van der Waals surface area contributed by atoms with Gasteiger partial charge >= 0.3 is 0 Å². The van der Waals surface area contributed by atoms with E-state index >= 15 is 0 Å². The third kappa shape index (κ3) is 7.00. The minimum atomic E-state index is -0.670. The van der Waals surface area contributed by atoms with Crippen LogP contribution in [0.15, 0.2) is 54.6 Å². The van der Waals surface area contributed by atoms with Gasteiger partial charge in [0, 0.05) is 31.9 Å². The number of hydrogen-bond acceptors (Lipinski definition) is 4. The van der Waals surface area contributed by atoms with Gasteiger partial charge in [-0.2, -0.15) is 0 Å². The summed E-state index contributed by atoms with van der Waals surface area (Å²) >= 11 is 0. The van der Waals surface area contributed by atoms with Crippen molar-refractivity contribution >= 4 is 11.6 Å². The number of rotatable bonds is 11. The number of nitrogens with zero attached hydrogens (tertiary/aromatic N) is 2. The monoisotopic (exact) mass is 425 g/mol. The van der Waals surface area contributed by atoms with E-state index in [-0.39, 0.29) is 17.8 Å². The van der Waals surface area contributed by atoms with Gasteiger partial charge in [-0.05, 0) is 57.4 Å². The predicted molar refractivity (Wildman–Crippen MR) is 129 cm³/mol. The van der Waals surface area contributed by atoms with Gasteiger partial charge in [-0.1, -0.05) is 50.2 Å². The Morgan fingerprint density at radius 2 is 1.74 bits per heavy atom. The fraction of sp³-hybridized carbons (Fsp3) is 0.500. The molecule has 0 aliphatic carbocycles. The zero-order valence-corrected chi connectivity index (χ0v) is 19.9. The van der Waals surface area contributed by atoms with Crippen molar-refractivity contribution in [1.29, 1.82) is 0 Å². The molecule has 0 fully saturated rings. The third-order valence-electron chi connectivity index (χ3n) is 5.68. The van der Waals surface area contributed by atoms with Gasteiger partial charge in [0.2, 0.25) is 5.91 Å². The second kappa shape index (κ2) is 11.2. The van der Waals surface area contributed by atoms with E-state index in [1.54, 1.807) is 12.1 Å². The summed E-state index contributed by atoms with van der Waals surface area (Å²) in [7, 11) is 4.05. The lowest BCUT2D eigenvalue weighted by molar-refractivity contribution is -0.133. The van der Waals surface area contributed by atoms with Crippen LogP contribution < -0.4 is 10.2 Å². The molecule has 0 radical (unpaired) electrons. The Balaban J connectivity index is 2.12. The molecule has 0 aliphatic rings. The molecule has 2 rings (SSSR count). The van der Waals surface area contributed by atoms with Gasteiger partial charge in [0.05, 0.1) is 11.6 Å². The molecule has 5 heteroatoms. The third-order valence-corrected chi connectivity index (χ3v) is 5.68. The van der Waals surface area contributed by atoms with Crippen LogP contribution in [0.5, 0.6) is 5.75 Å². The first-order valence-corrected chi connectivity index (χ1v) is 11.2. The molecule has 1 atom stereocenters. The summed E-state index contributed by atoms with van der Waals surface area (Å²) in [6.07, 6.45) is 1.67. The molecule has 0 saturated carbocycles. The van der Waals surface area contributed by atoms with Crippen LogP contribution in [0.1, 0.15) is 39.7 Å². The van der Waals surface area contributed by atoms with Crippen molar-refractivity contribution in [3.05, 3.63) is 60.2 Å². The molecule has 0 aliphatic heterocycles. The Morgan fingerprint density at radius 3 is 2.35 bits per heavy atom. The van der Waals surface area contributed by atoms with Crippen molar-refractivity contribution in [2.24, 2.45) is 11.3 Å². The summed E-state index contributed by atoms with van der Waals surface area (Å²) in [6, 6.07) is 17.5. The van der Waals surface area contributed by atoms with E-state index in [1.807, 2.05) is 51.2 Å². The number of carbonyl (C=O) groups is 1. The lowest BCUT2D eigenvalue weighted by Gasteiger charge is -2.46. The second-order valence-corrected chi connectivity index (χ2v) is 9.40. The number of phenolic OH excluding ortho intramolecular Hbond substituents is 1. The van der Waals surface area contributed by atoms with Crippen LogP contribution in [-0.4, -0.2) is 49.3 Å². The standard InChI is InChI=1S/C26H39N3O2/c1-20(2)19-28(5)25(29(6)22-15-10-16-23(30)18-22)26(3,4)24(31)27-17-11-14-21-12-8-7-9-13-21/h7-10,12-13,15-16,18,20,25,30H,11,14,17,19H2,1-6H3,(H,27,31). The molecular weight excluding hydrogens is 386 g/mol. The van der Waals surface area contributed by atoms with E-state index in [0.29, 0.717) is 12.5 Å². The van der Waals surface area contributed by atoms with Crippen LogP contribution in [-0.2, 0) is 11.2 Å². The van der Waals surface area contributed by atoms with Gasteiger partial charge in [-0.3, -0.25) is 9.69 Å². The van der Waals surface area contributed by atoms with Gasteiger partial charge in [0.1, 0.15) is 5.75 Å². The molecule has 0 saturated heterocycles.